The summed E-state index contributed by atoms with van der Waals surface area (Å²) in [6.45, 7) is 2.00. The second kappa shape index (κ2) is 6.46. The fourth-order valence-electron chi connectivity index (χ4n) is 2.91. The number of hydrogen-bond donors (Lipinski definition) is 1. The van der Waals surface area contributed by atoms with Gasteiger partial charge >= 0.3 is 0 Å². The molecule has 1 fully saturated rings. The van der Waals surface area contributed by atoms with E-state index in [1.165, 1.54) is 0 Å². The molecular weight excluding hydrogens is 294 g/mol. The van der Waals surface area contributed by atoms with Gasteiger partial charge in [-0.05, 0) is 50.4 Å². The van der Waals surface area contributed by atoms with Crippen LogP contribution < -0.4 is 5.32 Å². The molecule has 0 bridgehead atoms. The lowest BCUT2D eigenvalue weighted by molar-refractivity contribution is 0.456. The predicted octanol–water partition coefficient (Wildman–Crippen LogP) is 2.75. The highest BCUT2D eigenvalue weighted by Crippen LogP contribution is 2.26. The molecule has 2 unspecified atom stereocenters. The molecule has 2 rings (SSSR count). The molecule has 3 nitrogen and oxygen atoms in total. The van der Waals surface area contributed by atoms with Crippen molar-refractivity contribution >= 4 is 21.4 Å². The van der Waals surface area contributed by atoms with E-state index >= 15 is 0 Å². The summed E-state index contributed by atoms with van der Waals surface area (Å²) in [5, 5.41) is 3.61. The molecule has 20 heavy (non-hydrogen) atoms. The lowest BCUT2D eigenvalue weighted by Gasteiger charge is -2.30. The van der Waals surface area contributed by atoms with Gasteiger partial charge in [0.2, 0.25) is 0 Å². The van der Waals surface area contributed by atoms with Crippen LogP contribution in [-0.2, 0) is 16.3 Å². The van der Waals surface area contributed by atoms with Crippen LogP contribution >= 0.6 is 11.6 Å². The number of sulfone groups is 1. The van der Waals surface area contributed by atoms with Crippen LogP contribution in [0.3, 0.4) is 0 Å². The Labute approximate surface area is 126 Å². The summed E-state index contributed by atoms with van der Waals surface area (Å²) in [5.41, 5.74) is 2.13. The zero-order valence-corrected chi connectivity index (χ0v) is 13.6. The van der Waals surface area contributed by atoms with E-state index in [1.54, 1.807) is 0 Å². The normalized spacial score (nSPS) is 23.4. The first-order valence-electron chi connectivity index (χ1n) is 7.08. The van der Waals surface area contributed by atoms with Crippen molar-refractivity contribution < 1.29 is 8.42 Å². The third kappa shape index (κ3) is 3.54. The highest BCUT2D eigenvalue weighted by Gasteiger charge is 2.34. The van der Waals surface area contributed by atoms with Gasteiger partial charge < -0.3 is 5.32 Å². The van der Waals surface area contributed by atoms with Gasteiger partial charge in [-0.3, -0.25) is 0 Å². The van der Waals surface area contributed by atoms with Gasteiger partial charge in [-0.2, -0.15) is 0 Å². The summed E-state index contributed by atoms with van der Waals surface area (Å²) in [4.78, 5) is 0. The van der Waals surface area contributed by atoms with Crippen LogP contribution in [0.5, 0.6) is 0 Å². The highest BCUT2D eigenvalue weighted by atomic mass is 35.5. The number of benzene rings is 1. The lowest BCUT2D eigenvalue weighted by atomic mass is 9.99. The number of likely N-dealkylation sites (N-methyl/N-ethyl adjacent to an activating group) is 1. The van der Waals surface area contributed by atoms with Crippen molar-refractivity contribution in [2.45, 2.75) is 43.9 Å². The SMILES string of the molecule is CNC(Cc1ccc(C)cc1Cl)C1CCCCS1(=O)=O. The molecule has 112 valence electrons. The molecule has 2 atom stereocenters. The van der Waals surface area contributed by atoms with Gasteiger partial charge in [0.25, 0.3) is 0 Å². The van der Waals surface area contributed by atoms with E-state index < -0.39 is 9.84 Å². The third-order valence-corrected chi connectivity index (χ3v) is 6.79. The Morgan fingerprint density at radius 1 is 1.40 bits per heavy atom. The van der Waals surface area contributed by atoms with Crippen LogP contribution in [0.2, 0.25) is 5.02 Å². The van der Waals surface area contributed by atoms with E-state index in [2.05, 4.69) is 5.32 Å². The molecule has 1 heterocycles. The number of nitrogens with one attached hydrogen (secondary N) is 1. The first-order chi connectivity index (χ1) is 9.44. The zero-order chi connectivity index (χ0) is 14.8. The first-order valence-corrected chi connectivity index (χ1v) is 9.17. The van der Waals surface area contributed by atoms with Crippen molar-refractivity contribution in [2.24, 2.45) is 0 Å². The van der Waals surface area contributed by atoms with Gasteiger partial charge in [-0.15, -0.1) is 0 Å². The summed E-state index contributed by atoms with van der Waals surface area (Å²) in [7, 11) is -1.15. The summed E-state index contributed by atoms with van der Waals surface area (Å²) >= 11 is 6.26. The van der Waals surface area contributed by atoms with Gasteiger partial charge in [-0.1, -0.05) is 30.2 Å². The minimum Gasteiger partial charge on any atom is -0.315 e. The van der Waals surface area contributed by atoms with Crippen molar-refractivity contribution in [3.63, 3.8) is 0 Å². The van der Waals surface area contributed by atoms with Crippen LogP contribution in [0.25, 0.3) is 0 Å². The molecule has 0 aromatic heterocycles. The monoisotopic (exact) mass is 315 g/mol. The molecule has 1 saturated heterocycles. The molecule has 0 amide bonds. The average molecular weight is 316 g/mol. The van der Waals surface area contributed by atoms with Gasteiger partial charge in [0.15, 0.2) is 9.84 Å². The summed E-state index contributed by atoms with van der Waals surface area (Å²) in [6, 6.07) is 5.88. The van der Waals surface area contributed by atoms with Gasteiger partial charge in [0.1, 0.15) is 0 Å². The Morgan fingerprint density at radius 2 is 2.15 bits per heavy atom. The van der Waals surface area contributed by atoms with Gasteiger partial charge in [0.05, 0.1) is 11.0 Å². The standard InChI is InChI=1S/C15H22ClNO2S/c1-11-6-7-12(13(16)9-11)10-14(17-2)15-5-3-4-8-20(15,18)19/h6-7,9,14-15,17H,3-5,8,10H2,1-2H3. The van der Waals surface area contributed by atoms with Crippen LogP contribution in [0.4, 0.5) is 0 Å². The van der Waals surface area contributed by atoms with Crippen LogP contribution in [0, 0.1) is 6.92 Å². The number of rotatable bonds is 4. The third-order valence-electron chi connectivity index (χ3n) is 4.10. The fourth-order valence-corrected chi connectivity index (χ4v) is 5.39. The molecule has 0 saturated carbocycles. The molecule has 5 heteroatoms. The number of hydrogen-bond acceptors (Lipinski definition) is 3. The Balaban J connectivity index is 2.20. The highest BCUT2D eigenvalue weighted by molar-refractivity contribution is 7.92. The van der Waals surface area contributed by atoms with Crippen molar-refractivity contribution in [2.75, 3.05) is 12.8 Å². The molecule has 1 aliphatic rings. The summed E-state index contributed by atoms with van der Waals surface area (Å²) in [5.74, 6) is 0.317. The molecule has 1 aromatic carbocycles. The van der Waals surface area contributed by atoms with E-state index in [0.29, 0.717) is 12.2 Å². The average Bonchev–Trinajstić information content (AvgIpc) is 2.38. The first kappa shape index (κ1) is 15.8. The van der Waals surface area contributed by atoms with E-state index in [9.17, 15) is 8.42 Å². The van der Waals surface area contributed by atoms with Gasteiger partial charge in [-0.25, -0.2) is 8.42 Å². The summed E-state index contributed by atoms with van der Waals surface area (Å²) in [6.07, 6.45) is 3.18. The second-order valence-corrected chi connectivity index (χ2v) is 8.34. The minimum atomic E-state index is -2.98. The maximum Gasteiger partial charge on any atom is 0.154 e. The van der Waals surface area contributed by atoms with E-state index in [1.807, 2.05) is 32.2 Å². The van der Waals surface area contributed by atoms with E-state index in [4.69, 9.17) is 11.6 Å². The molecule has 1 N–H and O–H groups in total. The number of aryl methyl sites for hydroxylation is 1. The Bertz CT molecular complexity index is 571. The largest absolute Gasteiger partial charge is 0.315 e. The molecule has 1 aliphatic heterocycles. The smallest absolute Gasteiger partial charge is 0.154 e. The van der Waals surface area contributed by atoms with Crippen LogP contribution in [0.1, 0.15) is 30.4 Å². The Morgan fingerprint density at radius 3 is 2.75 bits per heavy atom. The Hall–Kier alpha value is -0.580. The molecule has 0 spiro atoms. The molecule has 1 aromatic rings. The maximum absolute atomic E-state index is 12.2. The molecule has 0 aliphatic carbocycles. The fraction of sp³-hybridized carbons (Fsp3) is 0.600. The molecular formula is C15H22ClNO2S. The Kier molecular flexibility index (Phi) is 5.10. The zero-order valence-electron chi connectivity index (χ0n) is 12.0. The van der Waals surface area contributed by atoms with Crippen LogP contribution in [-0.4, -0.2) is 32.5 Å². The van der Waals surface area contributed by atoms with Crippen molar-refractivity contribution in [3.8, 4) is 0 Å². The second-order valence-electron chi connectivity index (χ2n) is 5.60. The van der Waals surface area contributed by atoms with Crippen LogP contribution in [0.15, 0.2) is 18.2 Å². The topological polar surface area (TPSA) is 46.2 Å². The minimum absolute atomic E-state index is 0.0690. The lowest BCUT2D eigenvalue weighted by Crippen LogP contribution is -2.46. The maximum atomic E-state index is 12.2. The van der Waals surface area contributed by atoms with Crippen molar-refractivity contribution in [1.29, 1.82) is 0 Å². The van der Waals surface area contributed by atoms with Gasteiger partial charge in [0, 0.05) is 11.1 Å². The summed E-state index contributed by atoms with van der Waals surface area (Å²) < 4.78 is 24.5. The predicted molar refractivity (Wildman–Crippen MR) is 84.2 cm³/mol. The quantitative estimate of drug-likeness (QED) is 0.929. The van der Waals surface area contributed by atoms with Crippen molar-refractivity contribution in [1.82, 2.24) is 5.32 Å². The van der Waals surface area contributed by atoms with E-state index in [0.717, 1.165) is 35.4 Å². The number of halogens is 1. The van der Waals surface area contributed by atoms with Crippen molar-refractivity contribution in [3.05, 3.63) is 34.3 Å². The molecule has 0 radical (unpaired) electrons. The van der Waals surface area contributed by atoms with E-state index in [-0.39, 0.29) is 11.3 Å².